The Hall–Kier alpha value is -1.82. The number of nitrogens with zero attached hydrogens (tertiary/aromatic N) is 1. The Morgan fingerprint density at radius 2 is 2.00 bits per heavy atom. The average molecular weight is 227 g/mol. The van der Waals surface area contributed by atoms with Crippen molar-refractivity contribution in [3.05, 3.63) is 33.4 Å². The van der Waals surface area contributed by atoms with E-state index >= 15 is 0 Å². The van der Waals surface area contributed by atoms with E-state index in [-0.39, 0.29) is 5.56 Å². The molecule has 0 aliphatic rings. The lowest BCUT2D eigenvalue weighted by Gasteiger charge is -2.13. The minimum atomic E-state index is -1.82. The molecule has 16 heavy (non-hydrogen) atoms. The molecule has 0 amide bonds. The number of ether oxygens (including phenoxy) is 2. The summed E-state index contributed by atoms with van der Waals surface area (Å²) in [6.07, 6.45) is -1.82. The Morgan fingerprint density at radius 1 is 1.38 bits per heavy atom. The highest BCUT2D eigenvalue weighted by Gasteiger charge is 2.25. The average Bonchev–Trinajstić information content (AvgIpc) is 2.26. The molecule has 0 aromatic heterocycles. The first kappa shape index (κ1) is 12.3. The van der Waals surface area contributed by atoms with Gasteiger partial charge in [-0.25, -0.2) is 0 Å². The molecule has 0 saturated carbocycles. The number of hydrogen-bond donors (Lipinski definition) is 1. The third-order valence-corrected chi connectivity index (χ3v) is 2.19. The standard InChI is InChI=1S/C10H13NO5/c1-6-4-7(15-2)5-8(9(6)16-3)10(12)11(13)14/h4-5,10,12H,1-3H3. The minimum Gasteiger partial charge on any atom is -0.497 e. The normalized spacial score (nSPS) is 12.0. The number of aryl methyl sites for hydroxylation is 1. The van der Waals surface area contributed by atoms with E-state index in [1.165, 1.54) is 20.3 Å². The van der Waals surface area contributed by atoms with Crippen LogP contribution in [0.25, 0.3) is 0 Å². The summed E-state index contributed by atoms with van der Waals surface area (Å²) in [5.74, 6) is 0.735. The molecule has 0 bridgehead atoms. The second-order valence-corrected chi connectivity index (χ2v) is 3.23. The fourth-order valence-corrected chi connectivity index (χ4v) is 1.47. The summed E-state index contributed by atoms with van der Waals surface area (Å²) in [6.45, 7) is 1.72. The Bertz CT molecular complexity index is 404. The molecule has 6 heteroatoms. The highest BCUT2D eigenvalue weighted by Crippen LogP contribution is 2.33. The molecule has 0 fully saturated rings. The maximum Gasteiger partial charge on any atom is 0.343 e. The van der Waals surface area contributed by atoms with Crippen LogP contribution in [0.5, 0.6) is 11.5 Å². The zero-order chi connectivity index (χ0) is 12.3. The SMILES string of the molecule is COc1cc(C)c(OC)c(C(O)[N+](=O)[O-])c1. The molecule has 1 N–H and O–H groups in total. The van der Waals surface area contributed by atoms with Crippen LogP contribution in [0.15, 0.2) is 12.1 Å². The van der Waals surface area contributed by atoms with E-state index in [1.807, 2.05) is 0 Å². The summed E-state index contributed by atoms with van der Waals surface area (Å²) in [5, 5.41) is 20.0. The smallest absolute Gasteiger partial charge is 0.343 e. The molecule has 1 aromatic rings. The van der Waals surface area contributed by atoms with Crippen LogP contribution < -0.4 is 9.47 Å². The van der Waals surface area contributed by atoms with Crippen LogP contribution in [-0.4, -0.2) is 24.2 Å². The summed E-state index contributed by atoms with van der Waals surface area (Å²) in [5.41, 5.74) is 0.752. The molecular formula is C10H13NO5. The van der Waals surface area contributed by atoms with Crippen molar-refractivity contribution >= 4 is 0 Å². The number of methoxy groups -OCH3 is 2. The van der Waals surface area contributed by atoms with Gasteiger partial charge in [0, 0.05) is 0 Å². The Kier molecular flexibility index (Phi) is 3.68. The van der Waals surface area contributed by atoms with Gasteiger partial charge in [-0.1, -0.05) is 0 Å². The number of rotatable bonds is 4. The Labute approximate surface area is 92.6 Å². The molecule has 0 radical (unpaired) electrons. The zero-order valence-electron chi connectivity index (χ0n) is 9.26. The first-order valence-corrected chi connectivity index (χ1v) is 4.55. The molecular weight excluding hydrogens is 214 g/mol. The van der Waals surface area contributed by atoms with Crippen LogP contribution in [0.3, 0.4) is 0 Å². The van der Waals surface area contributed by atoms with Gasteiger partial charge in [0.2, 0.25) is 0 Å². The summed E-state index contributed by atoms with van der Waals surface area (Å²) < 4.78 is 10.0. The molecule has 0 aliphatic heterocycles. The van der Waals surface area contributed by atoms with Crippen LogP contribution in [-0.2, 0) is 0 Å². The largest absolute Gasteiger partial charge is 0.497 e. The molecule has 88 valence electrons. The van der Waals surface area contributed by atoms with Gasteiger partial charge in [-0.05, 0) is 24.6 Å². The van der Waals surface area contributed by atoms with Gasteiger partial charge in [-0.15, -0.1) is 0 Å². The second kappa shape index (κ2) is 4.80. The summed E-state index contributed by atoms with van der Waals surface area (Å²) in [6, 6.07) is 3.06. The maximum atomic E-state index is 10.5. The fourth-order valence-electron chi connectivity index (χ4n) is 1.47. The lowest BCUT2D eigenvalue weighted by atomic mass is 10.1. The number of benzene rings is 1. The van der Waals surface area contributed by atoms with Gasteiger partial charge in [0.05, 0.1) is 19.1 Å². The minimum absolute atomic E-state index is 0.0874. The summed E-state index contributed by atoms with van der Waals surface area (Å²) in [7, 11) is 2.84. The topological polar surface area (TPSA) is 81.8 Å². The van der Waals surface area contributed by atoms with E-state index < -0.39 is 11.2 Å². The number of aliphatic hydroxyl groups excluding tert-OH is 1. The van der Waals surface area contributed by atoms with Crippen molar-refractivity contribution in [1.29, 1.82) is 0 Å². The van der Waals surface area contributed by atoms with Crippen molar-refractivity contribution in [2.45, 2.75) is 13.2 Å². The first-order chi connectivity index (χ1) is 7.51. The number of aliphatic hydroxyl groups is 1. The van der Waals surface area contributed by atoms with Gasteiger partial charge < -0.3 is 14.6 Å². The maximum absolute atomic E-state index is 10.5. The summed E-state index contributed by atoms with van der Waals surface area (Å²) in [4.78, 5) is 9.74. The van der Waals surface area contributed by atoms with Crippen molar-refractivity contribution in [1.82, 2.24) is 0 Å². The third kappa shape index (κ3) is 2.22. The van der Waals surface area contributed by atoms with E-state index in [0.29, 0.717) is 17.1 Å². The molecule has 0 spiro atoms. The lowest BCUT2D eigenvalue weighted by Crippen LogP contribution is -2.11. The zero-order valence-corrected chi connectivity index (χ0v) is 9.26. The fraction of sp³-hybridized carbons (Fsp3) is 0.400. The van der Waals surface area contributed by atoms with Crippen molar-refractivity contribution in [3.8, 4) is 11.5 Å². The van der Waals surface area contributed by atoms with Gasteiger partial charge in [-0.3, -0.25) is 10.1 Å². The molecule has 1 aromatic carbocycles. The van der Waals surface area contributed by atoms with Crippen molar-refractivity contribution in [2.75, 3.05) is 14.2 Å². The van der Waals surface area contributed by atoms with Gasteiger partial charge in [0.25, 0.3) is 0 Å². The van der Waals surface area contributed by atoms with Crippen LogP contribution in [0.4, 0.5) is 0 Å². The number of nitro groups is 1. The molecule has 6 nitrogen and oxygen atoms in total. The van der Waals surface area contributed by atoms with Crippen molar-refractivity contribution in [2.24, 2.45) is 0 Å². The number of hydrogen-bond acceptors (Lipinski definition) is 5. The Balaban J connectivity index is 3.33. The van der Waals surface area contributed by atoms with Crippen molar-refractivity contribution < 1.29 is 19.5 Å². The van der Waals surface area contributed by atoms with Gasteiger partial charge in [0.1, 0.15) is 17.1 Å². The molecule has 0 saturated heterocycles. The first-order valence-electron chi connectivity index (χ1n) is 4.55. The van der Waals surface area contributed by atoms with E-state index in [9.17, 15) is 15.2 Å². The molecule has 1 unspecified atom stereocenters. The van der Waals surface area contributed by atoms with Crippen LogP contribution in [0.2, 0.25) is 0 Å². The molecule has 0 aliphatic carbocycles. The molecule has 0 heterocycles. The van der Waals surface area contributed by atoms with Gasteiger partial charge in [0.15, 0.2) is 0 Å². The highest BCUT2D eigenvalue weighted by atomic mass is 16.7. The second-order valence-electron chi connectivity index (χ2n) is 3.23. The monoisotopic (exact) mass is 227 g/mol. The molecule has 1 rings (SSSR count). The molecule has 1 atom stereocenters. The van der Waals surface area contributed by atoms with E-state index in [2.05, 4.69) is 0 Å². The lowest BCUT2D eigenvalue weighted by molar-refractivity contribution is -0.578. The van der Waals surface area contributed by atoms with Crippen molar-refractivity contribution in [3.63, 3.8) is 0 Å². The predicted octanol–water partition coefficient (Wildman–Crippen LogP) is 1.28. The quantitative estimate of drug-likeness (QED) is 0.476. The third-order valence-electron chi connectivity index (χ3n) is 2.19. The van der Waals surface area contributed by atoms with E-state index in [4.69, 9.17) is 9.47 Å². The van der Waals surface area contributed by atoms with Crippen LogP contribution in [0.1, 0.15) is 17.4 Å². The van der Waals surface area contributed by atoms with Crippen LogP contribution >= 0.6 is 0 Å². The van der Waals surface area contributed by atoms with Crippen LogP contribution in [0, 0.1) is 17.0 Å². The summed E-state index contributed by atoms with van der Waals surface area (Å²) >= 11 is 0. The van der Waals surface area contributed by atoms with Gasteiger partial charge in [-0.2, -0.15) is 0 Å². The highest BCUT2D eigenvalue weighted by molar-refractivity contribution is 5.47. The van der Waals surface area contributed by atoms with E-state index in [0.717, 1.165) is 0 Å². The Morgan fingerprint density at radius 3 is 2.44 bits per heavy atom. The predicted molar refractivity (Wildman–Crippen MR) is 56.2 cm³/mol. The van der Waals surface area contributed by atoms with Gasteiger partial charge >= 0.3 is 6.23 Å². The van der Waals surface area contributed by atoms with E-state index in [1.54, 1.807) is 13.0 Å².